The van der Waals surface area contributed by atoms with Crippen LogP contribution in [-0.2, 0) is 4.79 Å². The van der Waals surface area contributed by atoms with Crippen molar-refractivity contribution in [2.24, 2.45) is 0 Å². The van der Waals surface area contributed by atoms with Gasteiger partial charge >= 0.3 is 0 Å². The molecule has 0 spiro atoms. The largest absolute Gasteiger partial charge is 0.495 e. The van der Waals surface area contributed by atoms with Crippen LogP contribution in [0.5, 0.6) is 11.5 Å². The highest BCUT2D eigenvalue weighted by molar-refractivity contribution is 6.32. The van der Waals surface area contributed by atoms with Gasteiger partial charge in [0.1, 0.15) is 17.3 Å². The molecule has 0 aliphatic carbocycles. The van der Waals surface area contributed by atoms with E-state index < -0.39 is 17.8 Å². The number of carbonyl (C=O) groups is 2. The summed E-state index contributed by atoms with van der Waals surface area (Å²) in [4.78, 5) is 24.8. The van der Waals surface area contributed by atoms with Gasteiger partial charge in [-0.15, -0.1) is 0 Å². The molecule has 2 amide bonds. The summed E-state index contributed by atoms with van der Waals surface area (Å²) < 4.78 is 23.8. The Morgan fingerprint density at radius 3 is 2.35 bits per heavy atom. The maximum absolute atomic E-state index is 13.1. The summed E-state index contributed by atoms with van der Waals surface area (Å²) in [6.45, 7) is 1.55. The van der Waals surface area contributed by atoms with Gasteiger partial charge in [0.05, 0.1) is 17.8 Å². The Balaban J connectivity index is 1.60. The van der Waals surface area contributed by atoms with Crippen molar-refractivity contribution in [1.82, 2.24) is 0 Å². The molecule has 0 aliphatic heterocycles. The normalized spacial score (nSPS) is 11.4. The quantitative estimate of drug-likeness (QED) is 0.530. The Hall–Kier alpha value is -3.58. The molecule has 0 heterocycles. The van der Waals surface area contributed by atoms with Crippen LogP contribution >= 0.6 is 11.6 Å². The third-order valence-corrected chi connectivity index (χ3v) is 4.63. The fourth-order valence-electron chi connectivity index (χ4n) is 2.71. The van der Waals surface area contributed by atoms with Crippen molar-refractivity contribution in [3.8, 4) is 11.5 Å². The van der Waals surface area contributed by atoms with Crippen molar-refractivity contribution in [3.05, 3.63) is 83.1 Å². The van der Waals surface area contributed by atoms with Crippen LogP contribution in [0.4, 0.5) is 15.8 Å². The van der Waals surface area contributed by atoms with Gasteiger partial charge in [-0.05, 0) is 61.5 Å². The zero-order valence-corrected chi connectivity index (χ0v) is 17.6. The molecule has 3 aromatic rings. The Kier molecular flexibility index (Phi) is 7.10. The van der Waals surface area contributed by atoms with Crippen LogP contribution in [-0.4, -0.2) is 25.0 Å². The van der Waals surface area contributed by atoms with Gasteiger partial charge in [-0.25, -0.2) is 4.39 Å². The van der Waals surface area contributed by atoms with Crippen LogP contribution in [0.15, 0.2) is 66.7 Å². The van der Waals surface area contributed by atoms with Crippen molar-refractivity contribution in [2.75, 3.05) is 17.7 Å². The van der Waals surface area contributed by atoms with Gasteiger partial charge in [-0.1, -0.05) is 23.7 Å². The first-order valence-electron chi connectivity index (χ1n) is 9.34. The third kappa shape index (κ3) is 5.73. The molecule has 31 heavy (non-hydrogen) atoms. The second-order valence-corrected chi connectivity index (χ2v) is 6.96. The van der Waals surface area contributed by atoms with E-state index in [1.807, 2.05) is 0 Å². The summed E-state index contributed by atoms with van der Waals surface area (Å²) in [6.07, 6.45) is -0.878. The zero-order valence-electron chi connectivity index (χ0n) is 16.8. The van der Waals surface area contributed by atoms with Crippen LogP contribution in [0, 0.1) is 5.82 Å². The number of anilines is 2. The van der Waals surface area contributed by atoms with E-state index in [-0.39, 0.29) is 16.7 Å². The van der Waals surface area contributed by atoms with Gasteiger partial charge in [0.2, 0.25) is 0 Å². The molecule has 160 valence electrons. The molecule has 2 N–H and O–H groups in total. The predicted molar refractivity (Wildman–Crippen MR) is 118 cm³/mol. The highest BCUT2D eigenvalue weighted by Gasteiger charge is 2.17. The van der Waals surface area contributed by atoms with Gasteiger partial charge in [0, 0.05) is 11.3 Å². The fourth-order valence-corrected chi connectivity index (χ4v) is 2.92. The summed E-state index contributed by atoms with van der Waals surface area (Å²) in [5, 5.41) is 5.55. The number of methoxy groups -OCH3 is 1. The molecule has 0 bridgehead atoms. The summed E-state index contributed by atoms with van der Waals surface area (Å²) >= 11 is 5.92. The fraction of sp³-hybridized carbons (Fsp3) is 0.130. The van der Waals surface area contributed by atoms with Crippen LogP contribution in [0.1, 0.15) is 17.3 Å². The minimum Gasteiger partial charge on any atom is -0.495 e. The van der Waals surface area contributed by atoms with Crippen molar-refractivity contribution < 1.29 is 23.5 Å². The highest BCUT2D eigenvalue weighted by Crippen LogP contribution is 2.26. The number of benzene rings is 3. The zero-order chi connectivity index (χ0) is 22.4. The van der Waals surface area contributed by atoms with E-state index in [0.717, 1.165) is 6.07 Å². The van der Waals surface area contributed by atoms with Crippen molar-refractivity contribution in [3.63, 3.8) is 0 Å². The molecular weight excluding hydrogens is 423 g/mol. The van der Waals surface area contributed by atoms with Crippen LogP contribution in [0.3, 0.4) is 0 Å². The van der Waals surface area contributed by atoms with Crippen LogP contribution in [0.2, 0.25) is 5.02 Å². The van der Waals surface area contributed by atoms with Crippen LogP contribution < -0.4 is 20.1 Å². The number of nitrogens with one attached hydrogen (secondary N) is 2. The smallest absolute Gasteiger partial charge is 0.265 e. The van der Waals surface area contributed by atoms with Gasteiger partial charge in [-0.2, -0.15) is 0 Å². The van der Waals surface area contributed by atoms with E-state index in [1.165, 1.54) is 19.2 Å². The molecule has 0 saturated heterocycles. The second-order valence-electron chi connectivity index (χ2n) is 6.56. The molecule has 0 aromatic heterocycles. The Labute approximate surface area is 183 Å². The Bertz CT molecular complexity index is 1090. The number of carbonyl (C=O) groups excluding carboxylic acids is 2. The van der Waals surface area contributed by atoms with E-state index in [1.54, 1.807) is 55.5 Å². The number of halogens is 2. The number of para-hydroxylation sites is 2. The number of hydrogen-bond acceptors (Lipinski definition) is 4. The van der Waals surface area contributed by atoms with Crippen molar-refractivity contribution in [2.45, 2.75) is 13.0 Å². The highest BCUT2D eigenvalue weighted by atomic mass is 35.5. The van der Waals surface area contributed by atoms with Gasteiger partial charge in [-0.3, -0.25) is 9.59 Å². The molecule has 1 unspecified atom stereocenters. The van der Waals surface area contributed by atoms with E-state index in [4.69, 9.17) is 21.1 Å². The molecule has 8 heteroatoms. The first-order valence-corrected chi connectivity index (χ1v) is 9.72. The maximum Gasteiger partial charge on any atom is 0.265 e. The molecule has 0 aliphatic rings. The standard InChI is InChI=1S/C23H20ClFN2O4/c1-14(31-20-12-9-16(25)13-18(20)24)22(28)26-17-10-7-15(8-11-17)23(29)27-19-5-3-4-6-21(19)30-2/h3-14H,1-2H3,(H,26,28)(H,27,29). The van der Waals surface area contributed by atoms with E-state index in [9.17, 15) is 14.0 Å². The summed E-state index contributed by atoms with van der Waals surface area (Å²) in [7, 11) is 1.53. The molecule has 0 fully saturated rings. The molecule has 1 atom stereocenters. The second kappa shape index (κ2) is 9.95. The third-order valence-electron chi connectivity index (χ3n) is 4.34. The minimum absolute atomic E-state index is 0.0741. The molecule has 0 radical (unpaired) electrons. The molecule has 0 saturated carbocycles. The number of rotatable bonds is 7. The summed E-state index contributed by atoms with van der Waals surface area (Å²) in [5.74, 6) is -0.481. The van der Waals surface area contributed by atoms with Gasteiger partial charge < -0.3 is 20.1 Å². The number of amides is 2. The summed E-state index contributed by atoms with van der Waals surface area (Å²) in [5.41, 5.74) is 1.45. The Morgan fingerprint density at radius 1 is 0.968 bits per heavy atom. The lowest BCUT2D eigenvalue weighted by Crippen LogP contribution is -2.30. The van der Waals surface area contributed by atoms with Crippen LogP contribution in [0.25, 0.3) is 0 Å². The topological polar surface area (TPSA) is 76.7 Å². The van der Waals surface area contributed by atoms with E-state index >= 15 is 0 Å². The SMILES string of the molecule is COc1ccccc1NC(=O)c1ccc(NC(=O)C(C)Oc2ccc(F)cc2Cl)cc1. The minimum atomic E-state index is -0.878. The first kappa shape index (κ1) is 22.1. The van der Waals surface area contributed by atoms with Crippen molar-refractivity contribution >= 4 is 34.8 Å². The lowest BCUT2D eigenvalue weighted by Gasteiger charge is -2.16. The lowest BCUT2D eigenvalue weighted by molar-refractivity contribution is -0.122. The van der Waals surface area contributed by atoms with Gasteiger partial charge in [0.15, 0.2) is 6.10 Å². The Morgan fingerprint density at radius 2 is 1.68 bits per heavy atom. The van der Waals surface area contributed by atoms with Gasteiger partial charge in [0.25, 0.3) is 11.8 Å². The maximum atomic E-state index is 13.1. The number of hydrogen-bond donors (Lipinski definition) is 2. The monoisotopic (exact) mass is 442 g/mol. The average molecular weight is 443 g/mol. The summed E-state index contributed by atoms with van der Waals surface area (Å²) in [6, 6.07) is 17.1. The lowest BCUT2D eigenvalue weighted by atomic mass is 10.2. The predicted octanol–water partition coefficient (Wildman–Crippen LogP) is 5.15. The molecular formula is C23H20ClFN2O4. The molecule has 3 rings (SSSR count). The molecule has 3 aromatic carbocycles. The van der Waals surface area contributed by atoms with E-state index in [0.29, 0.717) is 22.7 Å². The average Bonchev–Trinajstić information content (AvgIpc) is 2.76. The first-order chi connectivity index (χ1) is 14.9. The van der Waals surface area contributed by atoms with Crippen molar-refractivity contribution in [1.29, 1.82) is 0 Å². The number of ether oxygens (including phenoxy) is 2. The van der Waals surface area contributed by atoms with E-state index in [2.05, 4.69) is 10.6 Å². The molecule has 6 nitrogen and oxygen atoms in total.